The van der Waals surface area contributed by atoms with E-state index >= 15 is 0 Å². The summed E-state index contributed by atoms with van der Waals surface area (Å²) in [6.45, 7) is 2.13. The van der Waals surface area contributed by atoms with Crippen molar-refractivity contribution >= 4 is 29.1 Å². The Morgan fingerprint density at radius 3 is 2.37 bits per heavy atom. The second-order valence-electron chi connectivity index (χ2n) is 6.68. The molecule has 1 saturated carbocycles. The standard InChI is InChI=1S/C21H25N3O3/c1-2-27-21(26)16-8-10-17(11-9-16)23-19-13-12-18(14-22-19)24-20(25)15-6-4-3-5-7-15/h8-15H,2-7H2,1H3,(H,22,23)(H,24,25). The Morgan fingerprint density at radius 2 is 1.74 bits per heavy atom. The molecule has 1 heterocycles. The normalized spacial score (nSPS) is 14.4. The zero-order chi connectivity index (χ0) is 19.1. The van der Waals surface area contributed by atoms with Gasteiger partial charge in [0.2, 0.25) is 5.91 Å². The highest BCUT2D eigenvalue weighted by Crippen LogP contribution is 2.25. The summed E-state index contributed by atoms with van der Waals surface area (Å²) in [7, 11) is 0. The Morgan fingerprint density at radius 1 is 1.04 bits per heavy atom. The number of amides is 1. The van der Waals surface area contributed by atoms with Gasteiger partial charge in [-0.15, -0.1) is 0 Å². The third-order valence-corrected chi connectivity index (χ3v) is 4.68. The van der Waals surface area contributed by atoms with Crippen molar-refractivity contribution in [2.24, 2.45) is 5.92 Å². The lowest BCUT2D eigenvalue weighted by atomic mass is 9.88. The predicted octanol–water partition coefficient (Wildman–Crippen LogP) is 4.52. The lowest BCUT2D eigenvalue weighted by Gasteiger charge is -2.20. The molecular weight excluding hydrogens is 342 g/mol. The van der Waals surface area contributed by atoms with E-state index in [0.717, 1.165) is 31.4 Å². The first-order chi connectivity index (χ1) is 13.2. The van der Waals surface area contributed by atoms with Gasteiger partial charge in [0.25, 0.3) is 0 Å². The van der Waals surface area contributed by atoms with Crippen LogP contribution in [0.5, 0.6) is 0 Å². The molecule has 6 nitrogen and oxygen atoms in total. The predicted molar refractivity (Wildman–Crippen MR) is 105 cm³/mol. The number of benzene rings is 1. The molecule has 0 atom stereocenters. The molecule has 0 radical (unpaired) electrons. The van der Waals surface area contributed by atoms with E-state index in [1.807, 2.05) is 12.1 Å². The number of anilines is 3. The third kappa shape index (κ3) is 5.29. The lowest BCUT2D eigenvalue weighted by molar-refractivity contribution is -0.120. The van der Waals surface area contributed by atoms with Crippen LogP contribution >= 0.6 is 0 Å². The molecule has 3 rings (SSSR count). The number of esters is 1. The zero-order valence-corrected chi connectivity index (χ0v) is 15.5. The molecule has 1 aliphatic carbocycles. The molecule has 0 saturated heterocycles. The molecule has 6 heteroatoms. The number of pyridine rings is 1. The van der Waals surface area contributed by atoms with Gasteiger partial charge in [-0.2, -0.15) is 0 Å². The molecule has 0 unspecified atom stereocenters. The van der Waals surface area contributed by atoms with Gasteiger partial charge in [0.15, 0.2) is 0 Å². The van der Waals surface area contributed by atoms with Gasteiger partial charge < -0.3 is 15.4 Å². The van der Waals surface area contributed by atoms with E-state index in [1.54, 1.807) is 37.4 Å². The summed E-state index contributed by atoms with van der Waals surface area (Å²) >= 11 is 0. The van der Waals surface area contributed by atoms with E-state index in [2.05, 4.69) is 15.6 Å². The first kappa shape index (κ1) is 18.9. The van der Waals surface area contributed by atoms with Crippen LogP contribution in [0.25, 0.3) is 0 Å². The summed E-state index contributed by atoms with van der Waals surface area (Å²) in [5.41, 5.74) is 2.03. The topological polar surface area (TPSA) is 80.3 Å². The molecule has 1 amide bonds. The van der Waals surface area contributed by atoms with Crippen LogP contribution in [0, 0.1) is 5.92 Å². The highest BCUT2D eigenvalue weighted by molar-refractivity contribution is 5.92. The van der Waals surface area contributed by atoms with Gasteiger partial charge in [-0.05, 0) is 56.2 Å². The minimum absolute atomic E-state index is 0.0896. The number of hydrogen-bond acceptors (Lipinski definition) is 5. The van der Waals surface area contributed by atoms with Crippen LogP contribution in [-0.2, 0) is 9.53 Å². The molecular formula is C21H25N3O3. The first-order valence-electron chi connectivity index (χ1n) is 9.47. The Kier molecular flexibility index (Phi) is 6.41. The van der Waals surface area contributed by atoms with Crippen LogP contribution in [0.15, 0.2) is 42.6 Å². The van der Waals surface area contributed by atoms with E-state index < -0.39 is 0 Å². The number of carbonyl (C=O) groups excluding carboxylic acids is 2. The van der Waals surface area contributed by atoms with Crippen LogP contribution in [-0.4, -0.2) is 23.5 Å². The Labute approximate surface area is 159 Å². The van der Waals surface area contributed by atoms with E-state index in [0.29, 0.717) is 23.7 Å². The molecule has 0 aliphatic heterocycles. The number of carbonyl (C=O) groups is 2. The second-order valence-corrected chi connectivity index (χ2v) is 6.68. The molecule has 142 valence electrons. The average Bonchev–Trinajstić information content (AvgIpc) is 2.71. The van der Waals surface area contributed by atoms with Crippen molar-refractivity contribution in [1.29, 1.82) is 0 Å². The quantitative estimate of drug-likeness (QED) is 0.734. The molecule has 0 bridgehead atoms. The Hall–Kier alpha value is -2.89. The molecule has 0 spiro atoms. The minimum Gasteiger partial charge on any atom is -0.462 e. The van der Waals surface area contributed by atoms with Crippen molar-refractivity contribution < 1.29 is 14.3 Å². The van der Waals surface area contributed by atoms with Gasteiger partial charge in [0.05, 0.1) is 24.1 Å². The van der Waals surface area contributed by atoms with E-state index in [1.165, 1.54) is 6.42 Å². The summed E-state index contributed by atoms with van der Waals surface area (Å²) in [4.78, 5) is 28.3. The summed E-state index contributed by atoms with van der Waals surface area (Å²) in [6.07, 6.45) is 7.09. The molecule has 2 N–H and O–H groups in total. The van der Waals surface area contributed by atoms with Crippen molar-refractivity contribution in [1.82, 2.24) is 4.98 Å². The van der Waals surface area contributed by atoms with Gasteiger partial charge in [0.1, 0.15) is 5.82 Å². The number of rotatable bonds is 6. The number of hydrogen-bond donors (Lipinski definition) is 2. The van der Waals surface area contributed by atoms with Gasteiger partial charge in [0, 0.05) is 11.6 Å². The van der Waals surface area contributed by atoms with Gasteiger partial charge in [-0.25, -0.2) is 9.78 Å². The fourth-order valence-electron chi connectivity index (χ4n) is 3.20. The second kappa shape index (κ2) is 9.16. The van der Waals surface area contributed by atoms with Crippen LogP contribution in [0.4, 0.5) is 17.2 Å². The zero-order valence-electron chi connectivity index (χ0n) is 15.5. The van der Waals surface area contributed by atoms with E-state index in [9.17, 15) is 9.59 Å². The van der Waals surface area contributed by atoms with Crippen LogP contribution in [0.2, 0.25) is 0 Å². The monoisotopic (exact) mass is 367 g/mol. The SMILES string of the molecule is CCOC(=O)c1ccc(Nc2ccc(NC(=O)C3CCCCC3)cn2)cc1. The minimum atomic E-state index is -0.333. The Balaban J connectivity index is 1.55. The Bertz CT molecular complexity index is 766. The molecule has 1 aromatic heterocycles. The van der Waals surface area contributed by atoms with Crippen LogP contribution in [0.1, 0.15) is 49.4 Å². The summed E-state index contributed by atoms with van der Waals surface area (Å²) < 4.78 is 4.97. The molecule has 1 aromatic carbocycles. The van der Waals surface area contributed by atoms with Gasteiger partial charge in [-0.1, -0.05) is 19.3 Å². The summed E-state index contributed by atoms with van der Waals surface area (Å²) in [5, 5.41) is 6.12. The van der Waals surface area contributed by atoms with E-state index in [-0.39, 0.29) is 17.8 Å². The number of nitrogens with zero attached hydrogens (tertiary/aromatic N) is 1. The highest BCUT2D eigenvalue weighted by Gasteiger charge is 2.21. The lowest BCUT2D eigenvalue weighted by Crippen LogP contribution is -2.24. The largest absolute Gasteiger partial charge is 0.462 e. The molecule has 2 aromatic rings. The molecule has 27 heavy (non-hydrogen) atoms. The summed E-state index contributed by atoms with van der Waals surface area (Å²) in [5.74, 6) is 0.538. The maximum Gasteiger partial charge on any atom is 0.338 e. The number of nitrogens with one attached hydrogen (secondary N) is 2. The maximum atomic E-state index is 12.3. The smallest absolute Gasteiger partial charge is 0.338 e. The average molecular weight is 367 g/mol. The van der Waals surface area contributed by atoms with Crippen molar-refractivity contribution in [2.45, 2.75) is 39.0 Å². The number of aromatic nitrogens is 1. The number of ether oxygens (including phenoxy) is 1. The highest BCUT2D eigenvalue weighted by atomic mass is 16.5. The first-order valence-corrected chi connectivity index (χ1v) is 9.47. The van der Waals surface area contributed by atoms with E-state index in [4.69, 9.17) is 4.74 Å². The maximum absolute atomic E-state index is 12.3. The van der Waals surface area contributed by atoms with Crippen LogP contribution in [0.3, 0.4) is 0 Å². The summed E-state index contributed by atoms with van der Waals surface area (Å²) in [6, 6.07) is 10.7. The van der Waals surface area contributed by atoms with Crippen molar-refractivity contribution in [3.8, 4) is 0 Å². The van der Waals surface area contributed by atoms with Crippen molar-refractivity contribution in [3.05, 3.63) is 48.2 Å². The molecule has 1 fully saturated rings. The molecule has 1 aliphatic rings. The van der Waals surface area contributed by atoms with Crippen molar-refractivity contribution in [3.63, 3.8) is 0 Å². The van der Waals surface area contributed by atoms with Crippen LogP contribution < -0.4 is 10.6 Å². The van der Waals surface area contributed by atoms with Crippen molar-refractivity contribution in [2.75, 3.05) is 17.2 Å². The third-order valence-electron chi connectivity index (χ3n) is 4.68. The van der Waals surface area contributed by atoms with Gasteiger partial charge >= 0.3 is 5.97 Å². The fourth-order valence-corrected chi connectivity index (χ4v) is 3.20. The fraction of sp³-hybridized carbons (Fsp3) is 0.381. The van der Waals surface area contributed by atoms with Gasteiger partial charge in [-0.3, -0.25) is 4.79 Å².